The van der Waals surface area contributed by atoms with Gasteiger partial charge in [-0.2, -0.15) is 0 Å². The van der Waals surface area contributed by atoms with Crippen molar-refractivity contribution < 1.29 is 9.53 Å². The number of methoxy groups -OCH3 is 1. The number of thioether (sulfide) groups is 1. The van der Waals surface area contributed by atoms with E-state index in [1.165, 1.54) is 11.1 Å². The Hall–Kier alpha value is -1.20. The molecule has 122 valence electrons. The van der Waals surface area contributed by atoms with Crippen LogP contribution in [0.1, 0.15) is 31.9 Å². The largest absolute Gasteiger partial charge is 0.496 e. The molecule has 0 bridgehead atoms. The minimum absolute atomic E-state index is 0.0361. The molecule has 0 saturated carbocycles. The Balaban J connectivity index is 1.94. The fourth-order valence-electron chi connectivity index (χ4n) is 2.51. The molecule has 4 nitrogen and oxygen atoms in total. The van der Waals surface area contributed by atoms with Crippen molar-refractivity contribution in [3.63, 3.8) is 0 Å². The summed E-state index contributed by atoms with van der Waals surface area (Å²) in [7, 11) is 1.71. The lowest BCUT2D eigenvalue weighted by Gasteiger charge is -2.23. The maximum absolute atomic E-state index is 12.0. The molecule has 5 heteroatoms. The SMILES string of the molecule is COc1ccc(CCNC(=O)C2CSCN2)cc1C(C)(C)C. The zero-order valence-corrected chi connectivity index (χ0v) is 14.7. The first kappa shape index (κ1) is 17.2. The van der Waals surface area contributed by atoms with Crippen molar-refractivity contribution in [2.45, 2.75) is 38.6 Å². The van der Waals surface area contributed by atoms with E-state index in [9.17, 15) is 4.79 Å². The van der Waals surface area contributed by atoms with Crippen molar-refractivity contribution in [3.8, 4) is 5.75 Å². The molecule has 1 amide bonds. The van der Waals surface area contributed by atoms with Crippen LogP contribution in [-0.4, -0.2) is 37.2 Å². The smallest absolute Gasteiger partial charge is 0.238 e. The maximum atomic E-state index is 12.0. The van der Waals surface area contributed by atoms with Crippen LogP contribution in [0.5, 0.6) is 5.75 Å². The van der Waals surface area contributed by atoms with Crippen LogP contribution >= 0.6 is 11.8 Å². The highest BCUT2D eigenvalue weighted by Crippen LogP contribution is 2.32. The number of rotatable bonds is 5. The summed E-state index contributed by atoms with van der Waals surface area (Å²) in [6.07, 6.45) is 0.832. The standard InChI is InChI=1S/C17H26N2O2S/c1-17(2,3)13-9-12(5-6-15(13)21-4)7-8-18-16(20)14-10-22-11-19-14/h5-6,9,14,19H,7-8,10-11H2,1-4H3,(H,18,20). The van der Waals surface area contributed by atoms with Crippen molar-refractivity contribution in [2.24, 2.45) is 0 Å². The number of hydrogen-bond donors (Lipinski definition) is 2. The Morgan fingerprint density at radius 2 is 2.23 bits per heavy atom. The number of benzene rings is 1. The zero-order valence-electron chi connectivity index (χ0n) is 13.9. The predicted octanol–water partition coefficient (Wildman–Crippen LogP) is 2.31. The van der Waals surface area contributed by atoms with Crippen molar-refractivity contribution in [2.75, 3.05) is 25.3 Å². The third-order valence-electron chi connectivity index (χ3n) is 3.82. The Kier molecular flexibility index (Phi) is 5.75. The van der Waals surface area contributed by atoms with E-state index < -0.39 is 0 Å². The van der Waals surface area contributed by atoms with E-state index in [4.69, 9.17) is 4.74 Å². The number of carbonyl (C=O) groups is 1. The first-order valence-electron chi connectivity index (χ1n) is 7.68. The lowest BCUT2D eigenvalue weighted by atomic mass is 9.85. The van der Waals surface area contributed by atoms with Crippen molar-refractivity contribution in [1.29, 1.82) is 0 Å². The van der Waals surface area contributed by atoms with Gasteiger partial charge in [-0.25, -0.2) is 0 Å². The molecule has 2 rings (SSSR count). The van der Waals surface area contributed by atoms with E-state index >= 15 is 0 Å². The van der Waals surface area contributed by atoms with E-state index in [0.29, 0.717) is 6.54 Å². The molecule has 0 radical (unpaired) electrons. The Labute approximate surface area is 137 Å². The second-order valence-corrected chi connectivity index (χ2v) is 7.63. The van der Waals surface area contributed by atoms with Crippen molar-refractivity contribution >= 4 is 17.7 Å². The highest BCUT2D eigenvalue weighted by Gasteiger charge is 2.22. The van der Waals surface area contributed by atoms with Crippen LogP contribution in [0.2, 0.25) is 0 Å². The van der Waals surface area contributed by atoms with Crippen molar-refractivity contribution in [3.05, 3.63) is 29.3 Å². The van der Waals surface area contributed by atoms with Crippen LogP contribution in [0, 0.1) is 0 Å². The third-order valence-corrected chi connectivity index (χ3v) is 4.76. The van der Waals surface area contributed by atoms with Gasteiger partial charge in [0.15, 0.2) is 0 Å². The van der Waals surface area contributed by atoms with Gasteiger partial charge in [0.1, 0.15) is 5.75 Å². The molecule has 0 aromatic heterocycles. The summed E-state index contributed by atoms with van der Waals surface area (Å²) in [5.41, 5.74) is 2.46. The second-order valence-electron chi connectivity index (χ2n) is 6.60. The van der Waals surface area contributed by atoms with Gasteiger partial charge in [-0.15, -0.1) is 11.8 Å². The average Bonchev–Trinajstić information content (AvgIpc) is 3.00. The van der Waals surface area contributed by atoms with Gasteiger partial charge < -0.3 is 10.1 Å². The van der Waals surface area contributed by atoms with E-state index in [0.717, 1.165) is 23.8 Å². The van der Waals surface area contributed by atoms with E-state index in [2.05, 4.69) is 43.5 Å². The lowest BCUT2D eigenvalue weighted by Crippen LogP contribution is -2.42. The fraction of sp³-hybridized carbons (Fsp3) is 0.588. The van der Waals surface area contributed by atoms with Gasteiger partial charge >= 0.3 is 0 Å². The molecule has 1 aliphatic heterocycles. The van der Waals surface area contributed by atoms with E-state index in [1.54, 1.807) is 18.9 Å². The van der Waals surface area contributed by atoms with Gasteiger partial charge in [-0.1, -0.05) is 32.9 Å². The van der Waals surface area contributed by atoms with Crippen LogP contribution in [0.3, 0.4) is 0 Å². The molecular weight excluding hydrogens is 296 g/mol. The first-order valence-corrected chi connectivity index (χ1v) is 8.83. The highest BCUT2D eigenvalue weighted by atomic mass is 32.2. The second kappa shape index (κ2) is 7.38. The number of amides is 1. The molecular formula is C17H26N2O2S. The summed E-state index contributed by atoms with van der Waals surface area (Å²) in [5, 5.41) is 6.20. The third kappa shape index (κ3) is 4.40. The number of carbonyl (C=O) groups excluding carboxylic acids is 1. The Bertz CT molecular complexity index is 520. The molecule has 1 aromatic rings. The van der Waals surface area contributed by atoms with Gasteiger partial charge in [-0.3, -0.25) is 10.1 Å². The molecule has 1 unspecified atom stereocenters. The molecule has 22 heavy (non-hydrogen) atoms. The van der Waals surface area contributed by atoms with Crippen LogP contribution < -0.4 is 15.4 Å². The number of hydrogen-bond acceptors (Lipinski definition) is 4. The quantitative estimate of drug-likeness (QED) is 0.873. The van der Waals surface area contributed by atoms with Crippen LogP contribution in [0.25, 0.3) is 0 Å². The summed E-state index contributed by atoms with van der Waals surface area (Å²) in [6.45, 7) is 7.21. The molecule has 0 aliphatic carbocycles. The maximum Gasteiger partial charge on any atom is 0.238 e. The topological polar surface area (TPSA) is 50.4 Å². The molecule has 1 aromatic carbocycles. The predicted molar refractivity (Wildman–Crippen MR) is 92.7 cm³/mol. The van der Waals surface area contributed by atoms with E-state index in [1.807, 2.05) is 6.07 Å². The van der Waals surface area contributed by atoms with Gasteiger partial charge in [-0.05, 0) is 29.0 Å². The number of nitrogens with one attached hydrogen (secondary N) is 2. The molecule has 1 atom stereocenters. The molecule has 2 N–H and O–H groups in total. The molecule has 1 aliphatic rings. The Morgan fingerprint density at radius 1 is 1.45 bits per heavy atom. The van der Waals surface area contributed by atoms with Crippen LogP contribution in [-0.2, 0) is 16.6 Å². The number of ether oxygens (including phenoxy) is 1. The Morgan fingerprint density at radius 3 is 2.82 bits per heavy atom. The van der Waals surface area contributed by atoms with Gasteiger partial charge in [0.05, 0.1) is 13.2 Å². The fourth-order valence-corrected chi connectivity index (χ4v) is 3.46. The molecule has 0 spiro atoms. The zero-order chi connectivity index (χ0) is 16.2. The van der Waals surface area contributed by atoms with Crippen molar-refractivity contribution in [1.82, 2.24) is 10.6 Å². The molecule has 1 heterocycles. The summed E-state index contributed by atoms with van der Waals surface area (Å²) in [4.78, 5) is 12.0. The summed E-state index contributed by atoms with van der Waals surface area (Å²) in [5.74, 6) is 2.76. The highest BCUT2D eigenvalue weighted by molar-refractivity contribution is 7.99. The van der Waals surface area contributed by atoms with E-state index in [-0.39, 0.29) is 17.4 Å². The molecule has 1 fully saturated rings. The lowest BCUT2D eigenvalue weighted by molar-refractivity contribution is -0.122. The van der Waals surface area contributed by atoms with Gasteiger partial charge in [0.25, 0.3) is 0 Å². The van der Waals surface area contributed by atoms with Crippen LogP contribution in [0.4, 0.5) is 0 Å². The normalized spacial score (nSPS) is 18.3. The summed E-state index contributed by atoms with van der Waals surface area (Å²) >= 11 is 1.76. The van der Waals surface area contributed by atoms with Crippen LogP contribution in [0.15, 0.2) is 18.2 Å². The van der Waals surface area contributed by atoms with Gasteiger partial charge in [0, 0.05) is 18.2 Å². The summed E-state index contributed by atoms with van der Waals surface area (Å²) in [6, 6.07) is 6.25. The monoisotopic (exact) mass is 322 g/mol. The minimum atomic E-state index is -0.0361. The average molecular weight is 322 g/mol. The molecule has 1 saturated heterocycles. The summed E-state index contributed by atoms with van der Waals surface area (Å²) < 4.78 is 5.46. The first-order chi connectivity index (χ1) is 10.4. The minimum Gasteiger partial charge on any atom is -0.496 e. The van der Waals surface area contributed by atoms with Gasteiger partial charge in [0.2, 0.25) is 5.91 Å².